The summed E-state index contributed by atoms with van der Waals surface area (Å²) in [5, 5.41) is 10.3. The Morgan fingerprint density at radius 1 is 1.62 bits per heavy atom. The molecule has 0 amide bonds. The van der Waals surface area contributed by atoms with Gasteiger partial charge in [0, 0.05) is 11.3 Å². The van der Waals surface area contributed by atoms with Crippen LogP contribution in [0.15, 0.2) is 11.6 Å². The second kappa shape index (κ2) is 7.69. The quantitative estimate of drug-likeness (QED) is 0.386. The number of nitrogens with zero attached hydrogens (tertiary/aromatic N) is 1. The molecule has 0 saturated carbocycles. The van der Waals surface area contributed by atoms with E-state index >= 15 is 0 Å². The number of allylic oxidation sites excluding steroid dienone is 1. The fourth-order valence-corrected chi connectivity index (χ4v) is 1.24. The monoisotopic (exact) mass is 199 g/mol. The lowest BCUT2D eigenvalue weighted by Crippen LogP contribution is -2.09. The van der Waals surface area contributed by atoms with Crippen molar-refractivity contribution in [3.63, 3.8) is 0 Å². The highest BCUT2D eigenvalue weighted by molar-refractivity contribution is 8.03. The number of rotatable bonds is 5. The molecule has 0 aliphatic rings. The van der Waals surface area contributed by atoms with Crippen molar-refractivity contribution in [1.82, 2.24) is 0 Å². The minimum absolute atomic E-state index is 0.313. The van der Waals surface area contributed by atoms with Crippen molar-refractivity contribution in [3.8, 4) is 5.40 Å². The van der Waals surface area contributed by atoms with E-state index in [1.54, 1.807) is 13.0 Å². The normalized spacial score (nSPS) is 10.7. The third kappa shape index (κ3) is 5.31. The van der Waals surface area contributed by atoms with Gasteiger partial charge >= 0.3 is 5.97 Å². The second-order valence-electron chi connectivity index (χ2n) is 2.24. The number of thioether (sulfide) groups is 1. The summed E-state index contributed by atoms with van der Waals surface area (Å²) in [6.45, 7) is 4.08. The Morgan fingerprint density at radius 3 is 2.77 bits per heavy atom. The lowest BCUT2D eigenvalue weighted by molar-refractivity contribution is -0.138. The molecule has 0 radical (unpaired) electrons. The maximum atomic E-state index is 11.2. The van der Waals surface area contributed by atoms with Gasteiger partial charge in [-0.05, 0) is 25.1 Å². The number of hydrogen-bond acceptors (Lipinski definition) is 4. The number of ether oxygens (including phenoxy) is 1. The van der Waals surface area contributed by atoms with Crippen LogP contribution in [0.1, 0.15) is 20.3 Å². The summed E-state index contributed by atoms with van der Waals surface area (Å²) in [7, 11) is 0. The van der Waals surface area contributed by atoms with Crippen LogP contribution < -0.4 is 0 Å². The molecule has 0 fully saturated rings. The van der Waals surface area contributed by atoms with Gasteiger partial charge in [-0.25, -0.2) is 4.79 Å². The van der Waals surface area contributed by atoms with Crippen molar-refractivity contribution in [2.24, 2.45) is 0 Å². The molecule has 0 heterocycles. The first-order chi connectivity index (χ1) is 6.26. The molecule has 0 N–H and O–H groups in total. The lowest BCUT2D eigenvalue weighted by atomic mass is 10.2. The molecule has 0 aliphatic heterocycles. The van der Waals surface area contributed by atoms with Crippen LogP contribution in [-0.2, 0) is 9.53 Å². The van der Waals surface area contributed by atoms with Crippen molar-refractivity contribution in [2.75, 3.05) is 12.4 Å². The van der Waals surface area contributed by atoms with Crippen LogP contribution in [0.2, 0.25) is 0 Å². The van der Waals surface area contributed by atoms with Gasteiger partial charge in [-0.1, -0.05) is 13.0 Å². The molecular formula is C9H13NO2S. The van der Waals surface area contributed by atoms with E-state index in [0.29, 0.717) is 17.9 Å². The van der Waals surface area contributed by atoms with Gasteiger partial charge in [0.1, 0.15) is 5.40 Å². The molecule has 0 aromatic heterocycles. The van der Waals surface area contributed by atoms with Crippen LogP contribution in [0.3, 0.4) is 0 Å². The lowest BCUT2D eigenvalue weighted by Gasteiger charge is -2.03. The zero-order valence-electron chi connectivity index (χ0n) is 7.87. The fraction of sp³-hybridized carbons (Fsp3) is 0.556. The van der Waals surface area contributed by atoms with E-state index in [1.807, 2.05) is 12.3 Å². The number of thiocyanates is 1. The Labute approximate surface area is 82.8 Å². The average Bonchev–Trinajstić information content (AvgIpc) is 2.12. The highest BCUT2D eigenvalue weighted by atomic mass is 32.2. The summed E-state index contributed by atoms with van der Waals surface area (Å²) in [5.41, 5.74) is 0.580. The SMILES string of the molecule is CC/C=C(\CSC#N)C(=O)OCC. The van der Waals surface area contributed by atoms with Crippen molar-refractivity contribution < 1.29 is 9.53 Å². The topological polar surface area (TPSA) is 50.1 Å². The molecule has 0 aromatic carbocycles. The number of carbonyl (C=O) groups is 1. The molecule has 0 unspecified atom stereocenters. The van der Waals surface area contributed by atoms with Gasteiger partial charge in [0.15, 0.2) is 0 Å². The number of hydrogen-bond donors (Lipinski definition) is 0. The first-order valence-corrected chi connectivity index (χ1v) is 5.11. The molecule has 72 valence electrons. The third-order valence-electron chi connectivity index (χ3n) is 1.28. The van der Waals surface area contributed by atoms with Gasteiger partial charge in [-0.2, -0.15) is 5.26 Å². The van der Waals surface area contributed by atoms with Crippen molar-refractivity contribution in [1.29, 1.82) is 5.26 Å². The van der Waals surface area contributed by atoms with Gasteiger partial charge in [0.25, 0.3) is 0 Å². The Hall–Kier alpha value is -0.950. The summed E-state index contributed by atoms with van der Waals surface area (Å²) in [6.07, 6.45) is 2.57. The molecule has 0 spiro atoms. The molecule has 0 saturated heterocycles. The van der Waals surface area contributed by atoms with Crippen LogP contribution in [0.4, 0.5) is 0 Å². The zero-order valence-corrected chi connectivity index (χ0v) is 8.69. The molecule has 0 rings (SSSR count). The smallest absolute Gasteiger partial charge is 0.334 e. The van der Waals surface area contributed by atoms with E-state index in [9.17, 15) is 4.79 Å². The molecule has 0 aromatic rings. The standard InChI is InChI=1S/C9H13NO2S/c1-3-5-8(6-13-7-10)9(11)12-4-2/h5H,3-4,6H2,1-2H3/b8-5+. The molecular weight excluding hydrogens is 186 g/mol. The Kier molecular flexibility index (Phi) is 7.12. The van der Waals surface area contributed by atoms with E-state index in [1.165, 1.54) is 0 Å². The molecule has 0 bridgehead atoms. The fourth-order valence-electron chi connectivity index (χ4n) is 0.781. The van der Waals surface area contributed by atoms with Crippen molar-refractivity contribution >= 4 is 17.7 Å². The van der Waals surface area contributed by atoms with Crippen LogP contribution >= 0.6 is 11.8 Å². The first-order valence-electron chi connectivity index (χ1n) is 4.13. The predicted octanol–water partition coefficient (Wildman–Crippen LogP) is 2.10. The Morgan fingerprint density at radius 2 is 2.31 bits per heavy atom. The van der Waals surface area contributed by atoms with Gasteiger partial charge < -0.3 is 4.74 Å². The minimum Gasteiger partial charge on any atom is -0.463 e. The highest BCUT2D eigenvalue weighted by Crippen LogP contribution is 2.09. The van der Waals surface area contributed by atoms with Gasteiger partial charge in [-0.3, -0.25) is 0 Å². The van der Waals surface area contributed by atoms with Gasteiger partial charge in [0.2, 0.25) is 0 Å². The number of esters is 1. The average molecular weight is 199 g/mol. The van der Waals surface area contributed by atoms with Gasteiger partial charge in [-0.15, -0.1) is 0 Å². The van der Waals surface area contributed by atoms with Crippen LogP contribution in [0.5, 0.6) is 0 Å². The summed E-state index contributed by atoms with van der Waals surface area (Å²) in [5.74, 6) is 0.0931. The van der Waals surface area contributed by atoms with Crippen LogP contribution in [0, 0.1) is 10.7 Å². The maximum absolute atomic E-state index is 11.2. The molecule has 3 nitrogen and oxygen atoms in total. The van der Waals surface area contributed by atoms with E-state index in [2.05, 4.69) is 0 Å². The number of nitriles is 1. The minimum atomic E-state index is -0.313. The van der Waals surface area contributed by atoms with E-state index in [0.717, 1.165) is 18.2 Å². The zero-order chi connectivity index (χ0) is 10.1. The number of carbonyl (C=O) groups excluding carboxylic acids is 1. The second-order valence-corrected chi connectivity index (χ2v) is 3.00. The summed E-state index contributed by atoms with van der Waals surface area (Å²) < 4.78 is 4.82. The van der Waals surface area contributed by atoms with Crippen LogP contribution in [-0.4, -0.2) is 18.3 Å². The molecule has 0 atom stereocenters. The third-order valence-corrected chi connectivity index (χ3v) is 1.86. The maximum Gasteiger partial charge on any atom is 0.334 e. The molecule has 4 heteroatoms. The predicted molar refractivity (Wildman–Crippen MR) is 53.1 cm³/mol. The Bertz CT molecular complexity index is 230. The molecule has 0 aliphatic carbocycles. The van der Waals surface area contributed by atoms with Crippen molar-refractivity contribution in [3.05, 3.63) is 11.6 Å². The summed E-state index contributed by atoms with van der Waals surface area (Å²) in [4.78, 5) is 11.2. The largest absolute Gasteiger partial charge is 0.463 e. The van der Waals surface area contributed by atoms with E-state index < -0.39 is 0 Å². The summed E-state index contributed by atoms with van der Waals surface area (Å²) in [6, 6.07) is 0. The highest BCUT2D eigenvalue weighted by Gasteiger charge is 2.09. The van der Waals surface area contributed by atoms with Crippen LogP contribution in [0.25, 0.3) is 0 Å². The van der Waals surface area contributed by atoms with Gasteiger partial charge in [0.05, 0.1) is 6.61 Å². The first kappa shape index (κ1) is 12.0. The summed E-state index contributed by atoms with van der Waals surface area (Å²) >= 11 is 1.05. The Balaban J connectivity index is 4.17. The van der Waals surface area contributed by atoms with E-state index in [4.69, 9.17) is 10.00 Å². The molecule has 13 heavy (non-hydrogen) atoms. The van der Waals surface area contributed by atoms with E-state index in [-0.39, 0.29) is 5.97 Å². The van der Waals surface area contributed by atoms with Crippen molar-refractivity contribution in [2.45, 2.75) is 20.3 Å².